The van der Waals surface area contributed by atoms with Crippen LogP contribution in [0, 0.1) is 67.5 Å². The van der Waals surface area contributed by atoms with Gasteiger partial charge in [0.1, 0.15) is 41.5 Å². The Labute approximate surface area is 231 Å². The second-order valence-corrected chi connectivity index (χ2v) is 11.6. The van der Waals surface area contributed by atoms with Crippen LogP contribution in [0.15, 0.2) is 44.8 Å². The first-order valence-electron chi connectivity index (χ1n) is 13.1. The number of carbonyl (C=O) groups is 1. The van der Waals surface area contributed by atoms with E-state index in [4.69, 9.17) is 0 Å². The summed E-state index contributed by atoms with van der Waals surface area (Å²) < 4.78 is 0. The van der Waals surface area contributed by atoms with Gasteiger partial charge in [-0.15, -0.1) is 0 Å². The second-order valence-electron chi connectivity index (χ2n) is 11.6. The SMILES string of the molecule is CC1(C)CC(NCCCCCCNC2=C(C(=O)O)C(=C(C#N)C#N)CC(C)(C)C2)=C(C#N)C(=C(C#N)C#N)C1. The van der Waals surface area contributed by atoms with Crippen molar-refractivity contribution in [3.05, 3.63) is 44.8 Å². The van der Waals surface area contributed by atoms with Crippen LogP contribution in [0.2, 0.25) is 0 Å². The lowest BCUT2D eigenvalue weighted by Gasteiger charge is -2.34. The van der Waals surface area contributed by atoms with Gasteiger partial charge in [0.25, 0.3) is 0 Å². The Hall–Kier alpha value is -4.52. The minimum atomic E-state index is -1.14. The third-order valence-electron chi connectivity index (χ3n) is 6.99. The maximum Gasteiger partial charge on any atom is 0.337 e. The molecule has 0 atom stereocenters. The Morgan fingerprint density at radius 2 is 1.15 bits per heavy atom. The average molecular weight is 526 g/mol. The number of carboxylic acid groups (broad SMARTS) is 1. The van der Waals surface area contributed by atoms with Gasteiger partial charge in [-0.05, 0) is 54.9 Å². The van der Waals surface area contributed by atoms with Crippen molar-refractivity contribution in [1.82, 2.24) is 10.6 Å². The highest BCUT2D eigenvalue weighted by Gasteiger charge is 2.35. The summed E-state index contributed by atoms with van der Waals surface area (Å²) in [5.74, 6) is -1.14. The number of nitrogens with one attached hydrogen (secondary N) is 2. The molecule has 2 rings (SSSR count). The van der Waals surface area contributed by atoms with Gasteiger partial charge in [-0.1, -0.05) is 40.5 Å². The van der Waals surface area contributed by atoms with Crippen molar-refractivity contribution in [3.8, 4) is 30.3 Å². The number of unbranched alkanes of at least 4 members (excludes halogenated alkanes) is 3. The molecular weight excluding hydrogens is 490 g/mol. The van der Waals surface area contributed by atoms with Crippen LogP contribution < -0.4 is 10.6 Å². The predicted octanol–water partition coefficient (Wildman–Crippen LogP) is 5.17. The summed E-state index contributed by atoms with van der Waals surface area (Å²) >= 11 is 0. The van der Waals surface area contributed by atoms with E-state index in [2.05, 4.69) is 30.6 Å². The smallest absolute Gasteiger partial charge is 0.337 e. The molecule has 0 aromatic heterocycles. The van der Waals surface area contributed by atoms with Crippen LogP contribution in [0.4, 0.5) is 0 Å². The Morgan fingerprint density at radius 3 is 1.62 bits per heavy atom. The molecule has 2 aliphatic rings. The van der Waals surface area contributed by atoms with Crippen molar-refractivity contribution in [3.63, 3.8) is 0 Å². The third kappa shape index (κ3) is 7.98. The molecule has 0 aromatic rings. The first kappa shape index (κ1) is 30.7. The van der Waals surface area contributed by atoms with Gasteiger partial charge in [-0.25, -0.2) is 4.79 Å². The third-order valence-corrected chi connectivity index (χ3v) is 6.99. The summed E-state index contributed by atoms with van der Waals surface area (Å²) in [6, 6.07) is 9.72. The summed E-state index contributed by atoms with van der Waals surface area (Å²) in [6.45, 7) is 9.34. The normalized spacial score (nSPS) is 17.6. The molecule has 0 radical (unpaired) electrons. The Morgan fingerprint density at radius 1 is 0.718 bits per heavy atom. The van der Waals surface area contributed by atoms with Gasteiger partial charge in [0.2, 0.25) is 0 Å². The van der Waals surface area contributed by atoms with Crippen molar-refractivity contribution < 1.29 is 9.90 Å². The molecule has 0 fully saturated rings. The first-order chi connectivity index (χ1) is 18.4. The molecule has 0 bridgehead atoms. The fourth-order valence-electron chi connectivity index (χ4n) is 5.28. The fourth-order valence-corrected chi connectivity index (χ4v) is 5.28. The summed E-state index contributed by atoms with van der Waals surface area (Å²) in [5.41, 5.74) is 1.99. The number of nitrogens with zero attached hydrogens (tertiary/aromatic N) is 5. The van der Waals surface area contributed by atoms with E-state index in [0.717, 1.165) is 31.4 Å². The molecule has 9 nitrogen and oxygen atoms in total. The number of hydrogen-bond donors (Lipinski definition) is 3. The largest absolute Gasteiger partial charge is 0.478 e. The van der Waals surface area contributed by atoms with Gasteiger partial charge in [0, 0.05) is 30.1 Å². The van der Waals surface area contributed by atoms with Crippen molar-refractivity contribution >= 4 is 5.97 Å². The molecule has 202 valence electrons. The zero-order chi connectivity index (χ0) is 29.2. The van der Waals surface area contributed by atoms with Crippen LogP contribution in [0.5, 0.6) is 0 Å². The Balaban J connectivity index is 1.97. The number of nitriles is 5. The number of allylic oxidation sites excluding steroid dienone is 6. The molecule has 0 saturated heterocycles. The molecule has 0 aliphatic heterocycles. The maximum atomic E-state index is 12.0. The van der Waals surface area contributed by atoms with Crippen molar-refractivity contribution in [2.45, 2.75) is 79.1 Å². The van der Waals surface area contributed by atoms with Gasteiger partial charge in [0.15, 0.2) is 0 Å². The number of rotatable bonds is 10. The highest BCUT2D eigenvalue weighted by molar-refractivity contribution is 5.94. The standard InChI is InChI=1S/C30H35N7O2/c1-29(2)11-22(20(15-31)16-32)24(19-35)25(13-29)36-9-7-5-6-8-10-37-26-14-30(3,4)12-23(21(17-33)18-34)27(26)28(38)39/h36-37H,5-14H2,1-4H3,(H,38,39). The summed E-state index contributed by atoms with van der Waals surface area (Å²) in [5, 5.41) is 63.5. The van der Waals surface area contributed by atoms with E-state index < -0.39 is 5.97 Å². The first-order valence-corrected chi connectivity index (χ1v) is 13.1. The van der Waals surface area contributed by atoms with Gasteiger partial charge >= 0.3 is 5.97 Å². The number of carboxylic acids is 1. The van der Waals surface area contributed by atoms with E-state index in [1.54, 1.807) is 0 Å². The molecule has 3 N–H and O–H groups in total. The topological polar surface area (TPSA) is 180 Å². The van der Waals surface area contributed by atoms with Crippen LogP contribution in [0.1, 0.15) is 79.1 Å². The summed E-state index contributed by atoms with van der Waals surface area (Å²) in [4.78, 5) is 12.0. The monoisotopic (exact) mass is 525 g/mol. The molecule has 0 unspecified atom stereocenters. The lowest BCUT2D eigenvalue weighted by molar-refractivity contribution is -0.132. The van der Waals surface area contributed by atoms with Crippen LogP contribution in [0.3, 0.4) is 0 Å². The average Bonchev–Trinajstić information content (AvgIpc) is 2.85. The van der Waals surface area contributed by atoms with E-state index in [9.17, 15) is 36.2 Å². The van der Waals surface area contributed by atoms with Gasteiger partial charge in [0.05, 0.1) is 11.1 Å². The lowest BCUT2D eigenvalue weighted by atomic mass is 9.72. The molecule has 0 heterocycles. The highest BCUT2D eigenvalue weighted by atomic mass is 16.4. The molecule has 0 spiro atoms. The fraction of sp³-hybridized carbons (Fsp3) is 0.533. The van der Waals surface area contributed by atoms with Crippen LogP contribution in [-0.2, 0) is 4.79 Å². The van der Waals surface area contributed by atoms with Crippen LogP contribution in [-0.4, -0.2) is 24.2 Å². The zero-order valence-corrected chi connectivity index (χ0v) is 23.2. The van der Waals surface area contributed by atoms with Crippen LogP contribution >= 0.6 is 0 Å². The Kier molecular flexibility index (Phi) is 10.5. The molecule has 2 aliphatic carbocycles. The number of hydrogen-bond acceptors (Lipinski definition) is 8. The number of aliphatic carboxylic acids is 1. The molecule has 0 amide bonds. The molecular formula is C30H35N7O2. The molecule has 39 heavy (non-hydrogen) atoms. The molecule has 9 heteroatoms. The summed E-state index contributed by atoms with van der Waals surface area (Å²) in [6.07, 6.45) is 5.57. The molecule has 0 saturated carbocycles. The predicted molar refractivity (Wildman–Crippen MR) is 144 cm³/mol. The molecule has 0 aromatic carbocycles. The van der Waals surface area contributed by atoms with Crippen molar-refractivity contribution in [1.29, 1.82) is 26.3 Å². The van der Waals surface area contributed by atoms with Gasteiger partial charge < -0.3 is 15.7 Å². The van der Waals surface area contributed by atoms with E-state index in [1.165, 1.54) is 0 Å². The van der Waals surface area contributed by atoms with Crippen LogP contribution in [0.25, 0.3) is 0 Å². The van der Waals surface area contributed by atoms with Crippen molar-refractivity contribution in [2.75, 3.05) is 13.1 Å². The second kappa shape index (κ2) is 13.3. The van der Waals surface area contributed by atoms with Gasteiger partial charge in [-0.2, -0.15) is 26.3 Å². The van der Waals surface area contributed by atoms with E-state index in [-0.39, 0.29) is 27.5 Å². The minimum Gasteiger partial charge on any atom is -0.478 e. The van der Waals surface area contributed by atoms with Gasteiger partial charge in [-0.3, -0.25) is 0 Å². The van der Waals surface area contributed by atoms with E-state index in [0.29, 0.717) is 61.2 Å². The highest BCUT2D eigenvalue weighted by Crippen LogP contribution is 2.43. The van der Waals surface area contributed by atoms with E-state index in [1.807, 2.05) is 38.1 Å². The minimum absolute atomic E-state index is 0.00673. The quantitative estimate of drug-likeness (QED) is 0.256. The zero-order valence-electron chi connectivity index (χ0n) is 23.2. The lowest BCUT2D eigenvalue weighted by Crippen LogP contribution is -2.31. The maximum absolute atomic E-state index is 12.0. The summed E-state index contributed by atoms with van der Waals surface area (Å²) in [7, 11) is 0. The van der Waals surface area contributed by atoms with Crippen molar-refractivity contribution in [2.24, 2.45) is 10.8 Å². The Bertz CT molecular complexity index is 1310. The van der Waals surface area contributed by atoms with E-state index >= 15 is 0 Å².